The van der Waals surface area contributed by atoms with Crippen LogP contribution in [0.15, 0.2) is 54.6 Å². The molecule has 4 N–H and O–H groups in total. The van der Waals surface area contributed by atoms with Gasteiger partial charge in [-0.3, -0.25) is 14.8 Å². The summed E-state index contributed by atoms with van der Waals surface area (Å²) in [7, 11) is 0. The molecule has 2 aromatic carbocycles. The number of nitrogens with zero attached hydrogens (tertiary/aromatic N) is 1. The number of halogens is 1. The summed E-state index contributed by atoms with van der Waals surface area (Å²) in [6.07, 6.45) is -2.50. The SMILES string of the molecule is O=C(NC[C@H]1OC[C@@](O)(CN(O)C(=O)c2ccccc2)[C@@H]1O)c1ccccc1F. The van der Waals surface area contributed by atoms with Crippen LogP contribution in [0.2, 0.25) is 0 Å². The van der Waals surface area contributed by atoms with E-state index in [-0.39, 0.29) is 24.3 Å². The van der Waals surface area contributed by atoms with Crippen LogP contribution in [0.5, 0.6) is 0 Å². The van der Waals surface area contributed by atoms with Crippen molar-refractivity contribution in [1.29, 1.82) is 0 Å². The Kier molecular flexibility index (Phi) is 6.23. The highest BCUT2D eigenvalue weighted by atomic mass is 19.1. The maximum Gasteiger partial charge on any atom is 0.277 e. The Hall–Kier alpha value is -2.85. The molecule has 1 fully saturated rings. The number of hydrogen-bond acceptors (Lipinski definition) is 6. The molecular formula is C20H21FN2O6. The van der Waals surface area contributed by atoms with Crippen LogP contribution in [0, 0.1) is 5.82 Å². The zero-order valence-electron chi connectivity index (χ0n) is 15.4. The Balaban J connectivity index is 1.58. The molecule has 2 aromatic rings. The summed E-state index contributed by atoms with van der Waals surface area (Å²) in [4.78, 5) is 24.3. The second-order valence-electron chi connectivity index (χ2n) is 6.82. The maximum atomic E-state index is 13.7. The molecule has 0 radical (unpaired) electrons. The number of hydrogen-bond donors (Lipinski definition) is 4. The molecule has 0 aliphatic carbocycles. The fourth-order valence-electron chi connectivity index (χ4n) is 3.08. The van der Waals surface area contributed by atoms with Gasteiger partial charge >= 0.3 is 0 Å². The number of carbonyl (C=O) groups excluding carboxylic acids is 2. The molecule has 29 heavy (non-hydrogen) atoms. The van der Waals surface area contributed by atoms with Crippen LogP contribution in [0.1, 0.15) is 20.7 Å². The molecular weight excluding hydrogens is 383 g/mol. The van der Waals surface area contributed by atoms with Crippen molar-refractivity contribution in [2.24, 2.45) is 0 Å². The van der Waals surface area contributed by atoms with E-state index in [1.165, 1.54) is 30.3 Å². The fraction of sp³-hybridized carbons (Fsp3) is 0.300. The molecule has 3 rings (SSSR count). The van der Waals surface area contributed by atoms with Gasteiger partial charge in [0.25, 0.3) is 11.8 Å². The first-order valence-electron chi connectivity index (χ1n) is 8.92. The van der Waals surface area contributed by atoms with Crippen molar-refractivity contribution in [3.8, 4) is 0 Å². The summed E-state index contributed by atoms with van der Waals surface area (Å²) in [5, 5.41) is 33.8. The lowest BCUT2D eigenvalue weighted by Crippen LogP contribution is -2.54. The molecule has 2 amide bonds. The van der Waals surface area contributed by atoms with Crippen molar-refractivity contribution in [2.75, 3.05) is 19.7 Å². The monoisotopic (exact) mass is 404 g/mol. The van der Waals surface area contributed by atoms with Gasteiger partial charge in [0.2, 0.25) is 0 Å². The highest BCUT2D eigenvalue weighted by Gasteiger charge is 2.49. The highest BCUT2D eigenvalue weighted by Crippen LogP contribution is 2.26. The van der Waals surface area contributed by atoms with Crippen LogP contribution in [-0.4, -0.2) is 69.8 Å². The molecule has 1 aliphatic heterocycles. The quantitative estimate of drug-likeness (QED) is 0.413. The van der Waals surface area contributed by atoms with E-state index in [1.54, 1.807) is 18.2 Å². The molecule has 154 valence electrons. The number of hydroxylamine groups is 2. The van der Waals surface area contributed by atoms with E-state index >= 15 is 0 Å². The zero-order valence-corrected chi connectivity index (χ0v) is 15.4. The summed E-state index contributed by atoms with van der Waals surface area (Å²) < 4.78 is 19.0. The molecule has 9 heteroatoms. The number of aliphatic hydroxyl groups is 2. The minimum Gasteiger partial charge on any atom is -0.387 e. The van der Waals surface area contributed by atoms with Gasteiger partial charge in [-0.1, -0.05) is 30.3 Å². The lowest BCUT2D eigenvalue weighted by Gasteiger charge is -2.29. The number of carbonyl (C=O) groups is 2. The van der Waals surface area contributed by atoms with Crippen LogP contribution in [0.25, 0.3) is 0 Å². The van der Waals surface area contributed by atoms with E-state index in [4.69, 9.17) is 4.74 Å². The van der Waals surface area contributed by atoms with Crippen molar-refractivity contribution in [3.05, 3.63) is 71.5 Å². The molecule has 8 nitrogen and oxygen atoms in total. The summed E-state index contributed by atoms with van der Waals surface area (Å²) in [5.41, 5.74) is -1.89. The average molecular weight is 404 g/mol. The maximum absolute atomic E-state index is 13.7. The Morgan fingerprint density at radius 3 is 2.52 bits per heavy atom. The van der Waals surface area contributed by atoms with Gasteiger partial charge in [0.1, 0.15) is 23.6 Å². The second-order valence-corrected chi connectivity index (χ2v) is 6.82. The first-order chi connectivity index (χ1) is 13.8. The van der Waals surface area contributed by atoms with E-state index in [2.05, 4.69) is 5.32 Å². The number of benzene rings is 2. The smallest absolute Gasteiger partial charge is 0.277 e. The van der Waals surface area contributed by atoms with E-state index in [0.717, 1.165) is 6.07 Å². The number of aliphatic hydroxyl groups excluding tert-OH is 1. The van der Waals surface area contributed by atoms with Gasteiger partial charge in [-0.15, -0.1) is 0 Å². The molecule has 0 spiro atoms. The van der Waals surface area contributed by atoms with Gasteiger partial charge < -0.3 is 20.3 Å². The Bertz CT molecular complexity index is 880. The largest absolute Gasteiger partial charge is 0.387 e. The number of amides is 2. The summed E-state index contributed by atoms with van der Waals surface area (Å²) in [6, 6.07) is 13.4. The third kappa shape index (κ3) is 4.60. The first kappa shape index (κ1) is 20.9. The van der Waals surface area contributed by atoms with Gasteiger partial charge in [-0.05, 0) is 24.3 Å². The van der Waals surface area contributed by atoms with Crippen LogP contribution in [0.4, 0.5) is 4.39 Å². The third-order valence-corrected chi connectivity index (χ3v) is 4.71. The molecule has 0 unspecified atom stereocenters. The van der Waals surface area contributed by atoms with E-state index in [1.807, 2.05) is 0 Å². The van der Waals surface area contributed by atoms with Crippen molar-refractivity contribution >= 4 is 11.8 Å². The zero-order chi connectivity index (χ0) is 21.0. The molecule has 0 aromatic heterocycles. The summed E-state index contributed by atoms with van der Waals surface area (Å²) in [5.74, 6) is -2.13. The van der Waals surface area contributed by atoms with Crippen LogP contribution >= 0.6 is 0 Å². The molecule has 1 heterocycles. The lowest BCUT2D eigenvalue weighted by atomic mass is 9.96. The normalized spacial score (nSPS) is 23.6. The van der Waals surface area contributed by atoms with Gasteiger partial charge in [0.15, 0.2) is 0 Å². The molecule has 0 bridgehead atoms. The molecule has 1 saturated heterocycles. The van der Waals surface area contributed by atoms with E-state index < -0.39 is 42.0 Å². The Morgan fingerprint density at radius 1 is 1.17 bits per heavy atom. The second kappa shape index (κ2) is 8.66. The molecule has 1 aliphatic rings. The predicted molar refractivity (Wildman–Crippen MR) is 98.7 cm³/mol. The van der Waals surface area contributed by atoms with Crippen LogP contribution in [-0.2, 0) is 4.74 Å². The summed E-state index contributed by atoms with van der Waals surface area (Å²) >= 11 is 0. The minimum absolute atomic E-state index is 0.162. The lowest BCUT2D eigenvalue weighted by molar-refractivity contribution is -0.133. The topological polar surface area (TPSA) is 119 Å². The standard InChI is InChI=1S/C20H21FN2O6/c21-15-9-5-4-8-14(15)18(25)22-10-16-17(24)20(27,12-29-16)11-23(28)19(26)13-6-2-1-3-7-13/h1-9,16-17,24,27-28H,10-12H2,(H,22,25)/t16-,17-,20+/m1/s1. The van der Waals surface area contributed by atoms with Gasteiger partial charge in [0.05, 0.1) is 18.7 Å². The van der Waals surface area contributed by atoms with Crippen molar-refractivity contribution in [3.63, 3.8) is 0 Å². The minimum atomic E-state index is -1.94. The predicted octanol–water partition coefficient (Wildman–Crippen LogP) is 0.578. The van der Waals surface area contributed by atoms with Gasteiger partial charge in [-0.2, -0.15) is 0 Å². The summed E-state index contributed by atoms with van der Waals surface area (Å²) in [6.45, 7) is -1.16. The van der Waals surface area contributed by atoms with Crippen molar-refractivity contribution in [2.45, 2.75) is 17.8 Å². The van der Waals surface area contributed by atoms with E-state index in [0.29, 0.717) is 5.06 Å². The Morgan fingerprint density at radius 2 is 1.83 bits per heavy atom. The third-order valence-electron chi connectivity index (χ3n) is 4.71. The highest BCUT2D eigenvalue weighted by molar-refractivity contribution is 5.94. The number of nitrogens with one attached hydrogen (secondary N) is 1. The van der Waals surface area contributed by atoms with Crippen molar-refractivity contribution in [1.82, 2.24) is 10.4 Å². The first-order valence-corrected chi connectivity index (χ1v) is 8.92. The molecule has 0 saturated carbocycles. The van der Waals surface area contributed by atoms with E-state index in [9.17, 15) is 29.4 Å². The van der Waals surface area contributed by atoms with Crippen molar-refractivity contribution < 1.29 is 34.1 Å². The van der Waals surface area contributed by atoms with Gasteiger partial charge in [0, 0.05) is 12.1 Å². The van der Waals surface area contributed by atoms with Crippen LogP contribution in [0.3, 0.4) is 0 Å². The van der Waals surface area contributed by atoms with Crippen LogP contribution < -0.4 is 5.32 Å². The fourth-order valence-corrected chi connectivity index (χ4v) is 3.08. The molecule has 3 atom stereocenters. The van der Waals surface area contributed by atoms with Gasteiger partial charge in [-0.25, -0.2) is 9.45 Å². The number of ether oxygens (including phenoxy) is 1. The average Bonchev–Trinajstić information content (AvgIpc) is 3.00. The number of rotatable bonds is 6. The Labute approximate surface area is 166 Å².